The standard InChI is InChI=1S/C27H40O14S/c1-12(28)32-11-17-18(33-13(2)29)20(34-14(3)30)23(35-15(4)31)25(37-17)42-10-9-16-19-21(39-26(5,6)38-19)22-24(36-16)41-27(7,8)40-22/h16-25H,9-11H2,1-8H3/t16-,17+,18+,19-,20-,21-,22+,23-,24+,25+/m0/s1. The van der Waals surface area contributed by atoms with Gasteiger partial charge in [-0.05, 0) is 39.9 Å². The maximum absolute atomic E-state index is 12.1. The molecule has 10 atom stereocenters. The molecule has 0 N–H and O–H groups in total. The normalized spacial score (nSPS) is 38.1. The molecule has 4 rings (SSSR count). The lowest BCUT2D eigenvalue weighted by atomic mass is 9.97. The van der Waals surface area contributed by atoms with Crippen LogP contribution in [0.4, 0.5) is 0 Å². The van der Waals surface area contributed by atoms with E-state index in [2.05, 4.69) is 0 Å². The Morgan fingerprint density at radius 1 is 0.643 bits per heavy atom. The molecule has 4 fully saturated rings. The highest BCUT2D eigenvalue weighted by Gasteiger charge is 2.60. The number of esters is 4. The minimum absolute atomic E-state index is 0.291. The second-order valence-corrected chi connectivity index (χ2v) is 12.6. The second kappa shape index (κ2) is 12.9. The van der Waals surface area contributed by atoms with Crippen LogP contribution in [0, 0.1) is 0 Å². The summed E-state index contributed by atoms with van der Waals surface area (Å²) < 4.78 is 58.5. The monoisotopic (exact) mass is 620 g/mol. The van der Waals surface area contributed by atoms with Crippen molar-refractivity contribution in [2.45, 2.75) is 134 Å². The fourth-order valence-electron chi connectivity index (χ4n) is 5.55. The van der Waals surface area contributed by atoms with Gasteiger partial charge in [0, 0.05) is 27.7 Å². The van der Waals surface area contributed by atoms with Crippen LogP contribution >= 0.6 is 11.8 Å². The van der Waals surface area contributed by atoms with Gasteiger partial charge in [-0.2, -0.15) is 0 Å². The van der Waals surface area contributed by atoms with Gasteiger partial charge in [0.2, 0.25) is 0 Å². The zero-order chi connectivity index (χ0) is 31.0. The molecular weight excluding hydrogens is 580 g/mol. The van der Waals surface area contributed by atoms with Gasteiger partial charge in [-0.3, -0.25) is 19.2 Å². The molecule has 15 heteroatoms. The maximum Gasteiger partial charge on any atom is 0.303 e. The summed E-state index contributed by atoms with van der Waals surface area (Å²) in [5.74, 6) is -3.91. The average molecular weight is 621 g/mol. The molecule has 0 aliphatic carbocycles. The molecule has 4 aliphatic rings. The lowest BCUT2D eigenvalue weighted by Gasteiger charge is -2.44. The molecule has 0 amide bonds. The van der Waals surface area contributed by atoms with Crippen LogP contribution in [0.25, 0.3) is 0 Å². The van der Waals surface area contributed by atoms with Gasteiger partial charge in [-0.1, -0.05) is 0 Å². The van der Waals surface area contributed by atoms with E-state index < -0.39 is 96.0 Å². The van der Waals surface area contributed by atoms with E-state index in [9.17, 15) is 19.2 Å². The number of rotatable bonds is 9. The third-order valence-corrected chi connectivity index (χ3v) is 8.06. The van der Waals surface area contributed by atoms with Crippen molar-refractivity contribution in [2.24, 2.45) is 0 Å². The molecule has 0 bridgehead atoms. The molecular formula is C27H40O14S. The Labute approximate surface area is 248 Å². The summed E-state index contributed by atoms with van der Waals surface area (Å²) in [4.78, 5) is 47.7. The summed E-state index contributed by atoms with van der Waals surface area (Å²) in [7, 11) is 0. The number of carbonyl (C=O) groups excluding carboxylic acids is 4. The molecule has 0 unspecified atom stereocenters. The number of ether oxygens (including phenoxy) is 10. The maximum atomic E-state index is 12.1. The van der Waals surface area contributed by atoms with Gasteiger partial charge in [0.1, 0.15) is 36.5 Å². The fraction of sp³-hybridized carbons (Fsp3) is 0.852. The average Bonchev–Trinajstić information content (AvgIpc) is 3.34. The van der Waals surface area contributed by atoms with Crippen molar-refractivity contribution in [3.05, 3.63) is 0 Å². The first kappa shape index (κ1) is 32.9. The number of carbonyl (C=O) groups is 4. The van der Waals surface area contributed by atoms with E-state index in [1.54, 1.807) is 13.8 Å². The van der Waals surface area contributed by atoms with Crippen LogP contribution in [0.2, 0.25) is 0 Å². The minimum atomic E-state index is -1.23. The van der Waals surface area contributed by atoms with Gasteiger partial charge in [0.15, 0.2) is 36.2 Å². The number of thioether (sulfide) groups is 1. The van der Waals surface area contributed by atoms with E-state index in [1.165, 1.54) is 39.5 Å². The fourth-order valence-corrected chi connectivity index (χ4v) is 6.77. The Bertz CT molecular complexity index is 1030. The van der Waals surface area contributed by atoms with Crippen molar-refractivity contribution in [1.29, 1.82) is 0 Å². The summed E-state index contributed by atoms with van der Waals surface area (Å²) in [6.45, 7) is 11.7. The highest BCUT2D eigenvalue weighted by Crippen LogP contribution is 2.45. The Kier molecular flexibility index (Phi) is 10.1. The molecule has 0 aromatic heterocycles. The molecule has 14 nitrogen and oxygen atoms in total. The lowest BCUT2D eigenvalue weighted by molar-refractivity contribution is -0.238. The van der Waals surface area contributed by atoms with Gasteiger partial charge >= 0.3 is 23.9 Å². The van der Waals surface area contributed by atoms with Gasteiger partial charge in [0.25, 0.3) is 0 Å². The van der Waals surface area contributed by atoms with Gasteiger partial charge in [0.05, 0.1) is 6.10 Å². The molecule has 42 heavy (non-hydrogen) atoms. The zero-order valence-corrected chi connectivity index (χ0v) is 25.8. The van der Waals surface area contributed by atoms with Crippen LogP contribution in [0.15, 0.2) is 0 Å². The second-order valence-electron chi connectivity index (χ2n) is 11.4. The molecule has 0 aromatic rings. The van der Waals surface area contributed by atoms with Crippen LogP contribution in [-0.2, 0) is 66.5 Å². The molecule has 0 saturated carbocycles. The van der Waals surface area contributed by atoms with E-state index in [0.717, 1.165) is 0 Å². The largest absolute Gasteiger partial charge is 0.463 e. The Hall–Kier alpha value is -2.01. The summed E-state index contributed by atoms with van der Waals surface area (Å²) >= 11 is 1.27. The lowest BCUT2D eigenvalue weighted by Crippen LogP contribution is -2.61. The van der Waals surface area contributed by atoms with Crippen LogP contribution < -0.4 is 0 Å². The smallest absolute Gasteiger partial charge is 0.303 e. The zero-order valence-electron chi connectivity index (χ0n) is 25.0. The van der Waals surface area contributed by atoms with Gasteiger partial charge in [-0.15, -0.1) is 11.8 Å². The van der Waals surface area contributed by atoms with Crippen LogP contribution in [-0.4, -0.2) is 108 Å². The third kappa shape index (κ3) is 7.92. The quantitative estimate of drug-likeness (QED) is 0.270. The summed E-state index contributed by atoms with van der Waals surface area (Å²) in [5, 5.41) is 0. The van der Waals surface area contributed by atoms with E-state index in [0.29, 0.717) is 12.2 Å². The third-order valence-electron chi connectivity index (χ3n) is 6.88. The predicted octanol–water partition coefficient (Wildman–Crippen LogP) is 1.59. The molecule has 0 aromatic carbocycles. The Balaban J connectivity index is 1.52. The highest BCUT2D eigenvalue weighted by atomic mass is 32.2. The molecule has 238 valence electrons. The van der Waals surface area contributed by atoms with Crippen molar-refractivity contribution >= 4 is 35.6 Å². The summed E-state index contributed by atoms with van der Waals surface area (Å²) in [5.41, 5.74) is -0.889. The molecule has 4 saturated heterocycles. The first-order valence-corrected chi connectivity index (χ1v) is 14.9. The van der Waals surface area contributed by atoms with E-state index in [-0.39, 0.29) is 6.61 Å². The van der Waals surface area contributed by atoms with Gasteiger partial charge in [-0.25, -0.2) is 0 Å². The molecule has 0 radical (unpaired) electrons. The van der Waals surface area contributed by atoms with Crippen molar-refractivity contribution in [3.63, 3.8) is 0 Å². The number of hydrogen-bond donors (Lipinski definition) is 0. The van der Waals surface area contributed by atoms with Crippen LogP contribution in [0.1, 0.15) is 61.8 Å². The summed E-state index contributed by atoms with van der Waals surface area (Å²) in [6, 6.07) is 0. The number of fused-ring (bicyclic) bond motifs is 3. The highest BCUT2D eigenvalue weighted by molar-refractivity contribution is 7.99. The molecule has 0 spiro atoms. The topological polar surface area (TPSA) is 161 Å². The van der Waals surface area contributed by atoms with Crippen LogP contribution in [0.3, 0.4) is 0 Å². The first-order chi connectivity index (χ1) is 19.5. The predicted molar refractivity (Wildman–Crippen MR) is 142 cm³/mol. The Morgan fingerprint density at radius 2 is 1.19 bits per heavy atom. The van der Waals surface area contributed by atoms with Crippen LogP contribution in [0.5, 0.6) is 0 Å². The van der Waals surface area contributed by atoms with Crippen molar-refractivity contribution in [1.82, 2.24) is 0 Å². The van der Waals surface area contributed by atoms with Gasteiger partial charge < -0.3 is 47.4 Å². The molecule has 4 heterocycles. The van der Waals surface area contributed by atoms with Crippen molar-refractivity contribution in [3.8, 4) is 0 Å². The number of hydrogen-bond acceptors (Lipinski definition) is 15. The summed E-state index contributed by atoms with van der Waals surface area (Å²) in [6.07, 6.45) is -6.54. The van der Waals surface area contributed by atoms with E-state index >= 15 is 0 Å². The minimum Gasteiger partial charge on any atom is -0.463 e. The Morgan fingerprint density at radius 3 is 1.81 bits per heavy atom. The van der Waals surface area contributed by atoms with E-state index in [4.69, 9.17) is 47.4 Å². The first-order valence-electron chi connectivity index (χ1n) is 13.8. The van der Waals surface area contributed by atoms with Crippen molar-refractivity contribution in [2.75, 3.05) is 12.4 Å². The SMILES string of the molecule is CC(=O)OC[C@H]1O[C@H](SCC[C@@H]2O[C@@H]3OC(C)(C)O[C@@H]3[C@H]3OC(C)(C)O[C@H]32)[C@@H](OC(C)=O)[C@@H](OC(C)=O)[C@@H]1OC(C)=O. The molecule has 4 aliphatic heterocycles. The van der Waals surface area contributed by atoms with E-state index in [1.807, 2.05) is 13.8 Å². The van der Waals surface area contributed by atoms with Crippen molar-refractivity contribution < 1.29 is 66.5 Å².